The van der Waals surface area contributed by atoms with Crippen LogP contribution in [-0.2, 0) is 9.63 Å². The molecule has 2 aromatic rings. The Hall–Kier alpha value is -2.74. The van der Waals surface area contributed by atoms with Crippen molar-refractivity contribution < 1.29 is 14.7 Å². The monoisotopic (exact) mass is 522 g/mol. The molecule has 0 amide bonds. The van der Waals surface area contributed by atoms with Crippen LogP contribution in [0.4, 0.5) is 0 Å². The number of benzene rings is 1. The minimum absolute atomic E-state index is 0.0836. The molecule has 1 aromatic carbocycles. The minimum atomic E-state index is -0.944. The van der Waals surface area contributed by atoms with Crippen LogP contribution in [0, 0.1) is 0 Å². The van der Waals surface area contributed by atoms with E-state index in [-0.39, 0.29) is 30.1 Å². The summed E-state index contributed by atoms with van der Waals surface area (Å²) in [6.07, 6.45) is 16.3. The van der Waals surface area contributed by atoms with Crippen LogP contribution in [0.1, 0.15) is 108 Å². The number of rotatable bonds is 7. The summed E-state index contributed by atoms with van der Waals surface area (Å²) >= 11 is 0. The zero-order valence-corrected chi connectivity index (χ0v) is 22.7. The average Bonchev–Trinajstić information content (AvgIpc) is 3.04. The molecule has 2 bridgehead atoms. The predicted octanol–water partition coefficient (Wildman–Crippen LogP) is 5.67. The van der Waals surface area contributed by atoms with Gasteiger partial charge in [0, 0.05) is 30.6 Å². The van der Waals surface area contributed by atoms with Crippen LogP contribution in [0.5, 0.6) is 0 Å². The van der Waals surface area contributed by atoms with Crippen molar-refractivity contribution in [1.29, 1.82) is 0 Å². The number of para-hydroxylation sites is 2. The predicted molar refractivity (Wildman–Crippen MR) is 149 cm³/mol. The van der Waals surface area contributed by atoms with E-state index in [9.17, 15) is 14.7 Å². The second-order valence-electron chi connectivity index (χ2n) is 11.4. The van der Waals surface area contributed by atoms with Gasteiger partial charge >= 0.3 is 5.97 Å². The Balaban J connectivity index is 1.50. The molecule has 5 rings (SSSR count). The topological polar surface area (TPSA) is 97.0 Å². The molecule has 8 nitrogen and oxygen atoms in total. The number of aromatic nitrogens is 2. The van der Waals surface area contributed by atoms with Crippen LogP contribution in [0.2, 0.25) is 0 Å². The lowest BCUT2D eigenvalue weighted by Crippen LogP contribution is -2.57. The standard InChI is InChI=1S/C30H42N4O4/c1-38-32-26(17-18-28(35)36)29-30(37)34(27-16-9-8-15-25(27)31-29)24-19-22-13-10-14-23(20-24)33(22)21-11-6-4-2-3-5-7-12-21/h8-9,15-16,21-24H,2-7,10-14,17-20H2,1H3,(H,35,36)/b32-26+. The van der Waals surface area contributed by atoms with E-state index in [0.717, 1.165) is 23.9 Å². The van der Waals surface area contributed by atoms with Gasteiger partial charge in [0.25, 0.3) is 5.56 Å². The summed E-state index contributed by atoms with van der Waals surface area (Å²) in [5, 5.41) is 13.3. The van der Waals surface area contributed by atoms with Crippen LogP contribution >= 0.6 is 0 Å². The fraction of sp³-hybridized carbons (Fsp3) is 0.667. The fourth-order valence-electron chi connectivity index (χ4n) is 7.35. The Kier molecular flexibility index (Phi) is 8.77. The van der Waals surface area contributed by atoms with Gasteiger partial charge in [0.1, 0.15) is 12.8 Å². The van der Waals surface area contributed by atoms with Gasteiger partial charge in [-0.25, -0.2) is 4.98 Å². The number of hydrogen-bond acceptors (Lipinski definition) is 6. The lowest BCUT2D eigenvalue weighted by Gasteiger charge is -2.53. The van der Waals surface area contributed by atoms with E-state index in [4.69, 9.17) is 4.84 Å². The Bertz CT molecular complexity index is 1180. The van der Waals surface area contributed by atoms with Crippen molar-refractivity contribution in [2.24, 2.45) is 5.16 Å². The Morgan fingerprint density at radius 3 is 2.21 bits per heavy atom. The van der Waals surface area contributed by atoms with E-state index in [1.807, 2.05) is 28.8 Å². The average molecular weight is 523 g/mol. The second kappa shape index (κ2) is 12.4. The number of aliphatic carboxylic acids is 1. The quantitative estimate of drug-likeness (QED) is 0.372. The number of hydrogen-bond donors (Lipinski definition) is 1. The third-order valence-corrected chi connectivity index (χ3v) is 8.96. The molecule has 0 spiro atoms. The van der Waals surface area contributed by atoms with Crippen molar-refractivity contribution in [3.63, 3.8) is 0 Å². The number of nitrogens with zero attached hydrogens (tertiary/aromatic N) is 4. The van der Waals surface area contributed by atoms with Gasteiger partial charge in [0.15, 0.2) is 5.69 Å². The fourth-order valence-corrected chi connectivity index (χ4v) is 7.35. The Morgan fingerprint density at radius 2 is 1.55 bits per heavy atom. The molecule has 8 heteroatoms. The van der Waals surface area contributed by atoms with E-state index in [1.54, 1.807) is 0 Å². The molecule has 2 saturated heterocycles. The first-order valence-corrected chi connectivity index (χ1v) is 14.7. The van der Waals surface area contributed by atoms with Crippen molar-refractivity contribution in [3.05, 3.63) is 40.3 Å². The van der Waals surface area contributed by atoms with Crippen LogP contribution in [0.3, 0.4) is 0 Å². The molecule has 3 aliphatic rings. The molecule has 1 N–H and O–H groups in total. The minimum Gasteiger partial charge on any atom is -0.481 e. The summed E-state index contributed by atoms with van der Waals surface area (Å²) in [5.74, 6) is -0.944. The van der Waals surface area contributed by atoms with E-state index in [1.165, 1.54) is 77.7 Å². The van der Waals surface area contributed by atoms with Crippen LogP contribution < -0.4 is 5.56 Å². The summed E-state index contributed by atoms with van der Waals surface area (Å²) in [7, 11) is 1.41. The lowest BCUT2D eigenvalue weighted by atomic mass is 9.79. The third-order valence-electron chi connectivity index (χ3n) is 8.96. The number of carboxylic acids is 1. The normalized spacial score (nSPS) is 25.9. The SMILES string of the molecule is CO/N=C(\CCC(=O)O)c1nc2ccccc2n(C2CC3CCCC(C2)N3C2CCCCCCCC2)c1=O. The second-order valence-corrected chi connectivity index (χ2v) is 11.4. The third kappa shape index (κ3) is 5.80. The van der Waals surface area contributed by atoms with Gasteiger partial charge in [-0.15, -0.1) is 0 Å². The smallest absolute Gasteiger partial charge is 0.303 e. The highest BCUT2D eigenvalue weighted by atomic mass is 16.6. The maximum atomic E-state index is 14.1. The van der Waals surface area contributed by atoms with Gasteiger partial charge < -0.3 is 14.5 Å². The molecule has 1 saturated carbocycles. The molecule has 3 heterocycles. The first-order chi connectivity index (χ1) is 18.6. The highest BCUT2D eigenvalue weighted by molar-refractivity contribution is 6.00. The Morgan fingerprint density at radius 1 is 0.921 bits per heavy atom. The molecule has 2 unspecified atom stereocenters. The summed E-state index contributed by atoms with van der Waals surface area (Å²) in [6.45, 7) is 0. The Labute approximate surface area is 225 Å². The zero-order valence-electron chi connectivity index (χ0n) is 22.7. The molecule has 1 aliphatic carbocycles. The molecular weight excluding hydrogens is 480 g/mol. The first kappa shape index (κ1) is 26.9. The van der Waals surface area contributed by atoms with Gasteiger partial charge in [-0.05, 0) is 50.7 Å². The van der Waals surface area contributed by atoms with E-state index in [0.29, 0.717) is 23.8 Å². The largest absolute Gasteiger partial charge is 0.481 e. The summed E-state index contributed by atoms with van der Waals surface area (Å²) in [5.41, 5.74) is 1.88. The first-order valence-electron chi connectivity index (χ1n) is 14.7. The van der Waals surface area contributed by atoms with E-state index >= 15 is 0 Å². The zero-order chi connectivity index (χ0) is 26.5. The van der Waals surface area contributed by atoms with Crippen LogP contribution in [0.25, 0.3) is 11.0 Å². The molecular formula is C30H42N4O4. The lowest BCUT2D eigenvalue weighted by molar-refractivity contribution is -0.136. The number of carbonyl (C=O) groups is 1. The van der Waals surface area contributed by atoms with Gasteiger partial charge in [-0.3, -0.25) is 14.5 Å². The molecule has 0 radical (unpaired) electrons. The van der Waals surface area contributed by atoms with Crippen molar-refractivity contribution in [1.82, 2.24) is 14.5 Å². The van der Waals surface area contributed by atoms with E-state index in [2.05, 4.69) is 15.0 Å². The summed E-state index contributed by atoms with van der Waals surface area (Å²) in [4.78, 5) is 37.9. The van der Waals surface area contributed by atoms with Crippen molar-refractivity contribution >= 4 is 22.7 Å². The van der Waals surface area contributed by atoms with Crippen LogP contribution in [0.15, 0.2) is 34.2 Å². The maximum absolute atomic E-state index is 14.1. The van der Waals surface area contributed by atoms with Gasteiger partial charge in [-0.2, -0.15) is 0 Å². The van der Waals surface area contributed by atoms with Gasteiger partial charge in [-0.1, -0.05) is 62.2 Å². The highest BCUT2D eigenvalue weighted by Crippen LogP contribution is 2.42. The van der Waals surface area contributed by atoms with Crippen molar-refractivity contribution in [3.8, 4) is 0 Å². The van der Waals surface area contributed by atoms with Crippen molar-refractivity contribution in [2.75, 3.05) is 7.11 Å². The van der Waals surface area contributed by atoms with Crippen molar-refractivity contribution in [2.45, 2.75) is 120 Å². The molecule has 3 fully saturated rings. The highest BCUT2D eigenvalue weighted by Gasteiger charge is 2.42. The number of fused-ring (bicyclic) bond motifs is 3. The molecule has 38 heavy (non-hydrogen) atoms. The number of oxime groups is 1. The number of carboxylic acid groups (broad SMARTS) is 1. The van der Waals surface area contributed by atoms with Gasteiger partial charge in [0.05, 0.1) is 17.5 Å². The maximum Gasteiger partial charge on any atom is 0.303 e. The van der Waals surface area contributed by atoms with E-state index < -0.39 is 5.97 Å². The molecule has 1 aromatic heterocycles. The molecule has 2 aliphatic heterocycles. The van der Waals surface area contributed by atoms with Gasteiger partial charge in [0.2, 0.25) is 0 Å². The molecule has 206 valence electrons. The molecule has 2 atom stereocenters. The number of piperidine rings is 2. The summed E-state index contributed by atoms with van der Waals surface area (Å²) < 4.78 is 1.95. The van der Waals surface area contributed by atoms with Crippen LogP contribution in [-0.4, -0.2) is 56.5 Å². The summed E-state index contributed by atoms with van der Waals surface area (Å²) in [6, 6.07) is 9.54.